The summed E-state index contributed by atoms with van der Waals surface area (Å²) in [7, 11) is 1.62. The number of unbranched alkanes of at least 4 members (excludes halogenated alkanes) is 2. The average molecular weight is 343 g/mol. The molecule has 20 heavy (non-hydrogen) atoms. The molecule has 0 bridgehead atoms. The number of hydrogen-bond acceptors (Lipinski definition) is 3. The lowest BCUT2D eigenvalue weighted by Gasteiger charge is -2.16. The Morgan fingerprint density at radius 3 is 2.80 bits per heavy atom. The highest BCUT2D eigenvalue weighted by molar-refractivity contribution is 9.10. The quantitative estimate of drug-likeness (QED) is 0.710. The van der Waals surface area contributed by atoms with E-state index in [-0.39, 0.29) is 11.9 Å². The predicted octanol–water partition coefficient (Wildman–Crippen LogP) is 3.56. The van der Waals surface area contributed by atoms with Crippen LogP contribution in [0.15, 0.2) is 22.7 Å². The van der Waals surface area contributed by atoms with Gasteiger partial charge in [-0.15, -0.1) is 0 Å². The zero-order valence-electron chi connectivity index (χ0n) is 12.3. The van der Waals surface area contributed by atoms with Crippen molar-refractivity contribution in [2.45, 2.75) is 39.2 Å². The van der Waals surface area contributed by atoms with E-state index in [0.717, 1.165) is 41.7 Å². The molecule has 0 heterocycles. The van der Waals surface area contributed by atoms with E-state index in [1.807, 2.05) is 25.1 Å². The lowest BCUT2D eigenvalue weighted by atomic mass is 10.2. The minimum Gasteiger partial charge on any atom is -0.495 e. The second-order valence-corrected chi connectivity index (χ2v) is 5.57. The van der Waals surface area contributed by atoms with Crippen LogP contribution in [0, 0.1) is 0 Å². The topological polar surface area (TPSA) is 50.4 Å². The fourth-order valence-corrected chi connectivity index (χ4v) is 2.21. The lowest BCUT2D eigenvalue weighted by Crippen LogP contribution is -2.38. The zero-order valence-corrected chi connectivity index (χ0v) is 13.9. The van der Waals surface area contributed by atoms with Gasteiger partial charge in [-0.1, -0.05) is 19.8 Å². The summed E-state index contributed by atoms with van der Waals surface area (Å²) in [4.78, 5) is 11.9. The molecule has 4 nitrogen and oxygen atoms in total. The molecule has 1 unspecified atom stereocenters. The Balaban J connectivity index is 2.48. The number of halogens is 1. The predicted molar refractivity (Wildman–Crippen MR) is 86.3 cm³/mol. The van der Waals surface area contributed by atoms with Crippen LogP contribution in [0.4, 0.5) is 5.69 Å². The Labute approximate surface area is 129 Å². The second-order valence-electron chi connectivity index (χ2n) is 4.71. The summed E-state index contributed by atoms with van der Waals surface area (Å²) >= 11 is 3.40. The van der Waals surface area contributed by atoms with Crippen molar-refractivity contribution in [1.29, 1.82) is 0 Å². The number of hydrogen-bond donors (Lipinski definition) is 2. The van der Waals surface area contributed by atoms with E-state index in [1.54, 1.807) is 7.11 Å². The van der Waals surface area contributed by atoms with Gasteiger partial charge in [0.15, 0.2) is 0 Å². The first-order valence-electron chi connectivity index (χ1n) is 6.96. The third-order valence-corrected chi connectivity index (χ3v) is 3.66. The maximum Gasteiger partial charge on any atom is 0.242 e. The molecule has 0 spiro atoms. The number of methoxy groups -OCH3 is 1. The van der Waals surface area contributed by atoms with Gasteiger partial charge in [0, 0.05) is 18.3 Å². The standard InChI is InChI=1S/C15H23BrN2O2/c1-4-5-6-9-17-15(19)11(2)18-12-7-8-13(16)14(10-12)20-3/h7-8,10-11,18H,4-6,9H2,1-3H3,(H,17,19). The Kier molecular flexibility index (Phi) is 7.44. The Morgan fingerprint density at radius 1 is 1.40 bits per heavy atom. The molecule has 0 saturated heterocycles. The fourth-order valence-electron chi connectivity index (χ4n) is 1.80. The van der Waals surface area contributed by atoms with Crippen LogP contribution in [0.5, 0.6) is 5.75 Å². The first-order chi connectivity index (χ1) is 9.58. The van der Waals surface area contributed by atoms with E-state index >= 15 is 0 Å². The van der Waals surface area contributed by atoms with Gasteiger partial charge >= 0.3 is 0 Å². The number of carbonyl (C=O) groups is 1. The number of ether oxygens (including phenoxy) is 1. The van der Waals surface area contributed by atoms with Crippen LogP contribution in [-0.2, 0) is 4.79 Å². The number of rotatable bonds is 8. The highest BCUT2D eigenvalue weighted by atomic mass is 79.9. The molecule has 1 aromatic carbocycles. The smallest absolute Gasteiger partial charge is 0.242 e. The summed E-state index contributed by atoms with van der Waals surface area (Å²) in [6, 6.07) is 5.40. The summed E-state index contributed by atoms with van der Waals surface area (Å²) in [6.07, 6.45) is 3.33. The number of amides is 1. The molecule has 1 rings (SSSR count). The van der Waals surface area contributed by atoms with Gasteiger partial charge in [-0.3, -0.25) is 4.79 Å². The molecule has 0 aliphatic heterocycles. The van der Waals surface area contributed by atoms with E-state index in [2.05, 4.69) is 33.5 Å². The van der Waals surface area contributed by atoms with Crippen LogP contribution in [0.25, 0.3) is 0 Å². The van der Waals surface area contributed by atoms with Crippen molar-refractivity contribution < 1.29 is 9.53 Å². The fraction of sp³-hybridized carbons (Fsp3) is 0.533. The molecule has 112 valence electrons. The summed E-state index contributed by atoms with van der Waals surface area (Å²) in [5.41, 5.74) is 0.862. The largest absolute Gasteiger partial charge is 0.495 e. The maximum absolute atomic E-state index is 11.9. The molecule has 0 saturated carbocycles. The van der Waals surface area contributed by atoms with Crippen LogP contribution in [0.3, 0.4) is 0 Å². The highest BCUT2D eigenvalue weighted by Gasteiger charge is 2.12. The van der Waals surface area contributed by atoms with Gasteiger partial charge in [-0.25, -0.2) is 0 Å². The molecule has 5 heteroatoms. The van der Waals surface area contributed by atoms with Crippen LogP contribution < -0.4 is 15.4 Å². The van der Waals surface area contributed by atoms with Crippen molar-refractivity contribution in [3.8, 4) is 5.75 Å². The van der Waals surface area contributed by atoms with E-state index in [4.69, 9.17) is 4.74 Å². The summed E-state index contributed by atoms with van der Waals surface area (Å²) in [5.74, 6) is 0.758. The first kappa shape index (κ1) is 16.8. The molecule has 0 aromatic heterocycles. The second kappa shape index (κ2) is 8.84. The number of benzene rings is 1. The molecule has 1 atom stereocenters. The van der Waals surface area contributed by atoms with Crippen molar-refractivity contribution in [3.63, 3.8) is 0 Å². The number of carbonyl (C=O) groups excluding carboxylic acids is 1. The summed E-state index contributed by atoms with van der Waals surface area (Å²) < 4.78 is 6.12. The Hall–Kier alpha value is -1.23. The minimum atomic E-state index is -0.275. The lowest BCUT2D eigenvalue weighted by molar-refractivity contribution is -0.121. The van der Waals surface area contributed by atoms with Gasteiger partial charge in [0.2, 0.25) is 5.91 Å². The van der Waals surface area contributed by atoms with Gasteiger partial charge in [-0.2, -0.15) is 0 Å². The molecule has 0 fully saturated rings. The van der Waals surface area contributed by atoms with Crippen LogP contribution >= 0.6 is 15.9 Å². The van der Waals surface area contributed by atoms with E-state index < -0.39 is 0 Å². The van der Waals surface area contributed by atoms with E-state index in [9.17, 15) is 4.79 Å². The molecular formula is C15H23BrN2O2. The third kappa shape index (κ3) is 5.41. The SMILES string of the molecule is CCCCCNC(=O)C(C)Nc1ccc(Br)c(OC)c1. The summed E-state index contributed by atoms with van der Waals surface area (Å²) in [5, 5.41) is 6.11. The zero-order chi connectivity index (χ0) is 15.0. The van der Waals surface area contributed by atoms with E-state index in [1.165, 1.54) is 0 Å². The number of anilines is 1. The van der Waals surface area contributed by atoms with Crippen molar-refractivity contribution in [3.05, 3.63) is 22.7 Å². The number of nitrogens with one attached hydrogen (secondary N) is 2. The molecule has 0 aliphatic carbocycles. The molecule has 1 amide bonds. The van der Waals surface area contributed by atoms with Crippen molar-refractivity contribution in [2.24, 2.45) is 0 Å². The van der Waals surface area contributed by atoms with Crippen molar-refractivity contribution >= 4 is 27.5 Å². The Bertz CT molecular complexity index is 438. The van der Waals surface area contributed by atoms with Crippen LogP contribution in [0.2, 0.25) is 0 Å². The van der Waals surface area contributed by atoms with Gasteiger partial charge in [0.1, 0.15) is 11.8 Å². The Morgan fingerprint density at radius 2 is 2.15 bits per heavy atom. The minimum absolute atomic E-state index is 0.0167. The van der Waals surface area contributed by atoms with Gasteiger partial charge in [-0.05, 0) is 41.4 Å². The monoisotopic (exact) mass is 342 g/mol. The highest BCUT2D eigenvalue weighted by Crippen LogP contribution is 2.28. The van der Waals surface area contributed by atoms with Crippen LogP contribution in [-0.4, -0.2) is 25.6 Å². The van der Waals surface area contributed by atoms with Gasteiger partial charge in [0.25, 0.3) is 0 Å². The summed E-state index contributed by atoms with van der Waals surface area (Å²) in [6.45, 7) is 4.74. The van der Waals surface area contributed by atoms with E-state index in [0.29, 0.717) is 0 Å². The third-order valence-electron chi connectivity index (χ3n) is 3.01. The molecule has 1 aromatic rings. The molecule has 0 aliphatic rings. The molecule has 0 radical (unpaired) electrons. The normalized spacial score (nSPS) is 11.8. The van der Waals surface area contributed by atoms with Crippen molar-refractivity contribution in [2.75, 3.05) is 19.0 Å². The van der Waals surface area contributed by atoms with Crippen molar-refractivity contribution in [1.82, 2.24) is 5.32 Å². The average Bonchev–Trinajstić information content (AvgIpc) is 2.45. The first-order valence-corrected chi connectivity index (χ1v) is 7.75. The van der Waals surface area contributed by atoms with Gasteiger partial charge < -0.3 is 15.4 Å². The molecule has 2 N–H and O–H groups in total. The van der Waals surface area contributed by atoms with Crippen LogP contribution in [0.1, 0.15) is 33.1 Å². The van der Waals surface area contributed by atoms with Gasteiger partial charge in [0.05, 0.1) is 11.6 Å². The maximum atomic E-state index is 11.9. The molecular weight excluding hydrogens is 320 g/mol.